The van der Waals surface area contributed by atoms with Crippen LogP contribution in [0.15, 0.2) is 48.5 Å². The summed E-state index contributed by atoms with van der Waals surface area (Å²) >= 11 is 0. The molecule has 2 aromatic carbocycles. The molecule has 1 heterocycles. The average Bonchev–Trinajstić information content (AvgIpc) is 3.00. The van der Waals surface area contributed by atoms with Crippen molar-refractivity contribution in [2.24, 2.45) is 0 Å². The molecule has 0 aliphatic heterocycles. The minimum atomic E-state index is -0.439. The lowest BCUT2D eigenvalue weighted by molar-refractivity contribution is 0.0600. The van der Waals surface area contributed by atoms with Crippen molar-refractivity contribution < 1.29 is 14.3 Å². The lowest BCUT2D eigenvalue weighted by Gasteiger charge is -2.09. The summed E-state index contributed by atoms with van der Waals surface area (Å²) in [7, 11) is 1.32. The maximum Gasteiger partial charge on any atom is 0.337 e. The van der Waals surface area contributed by atoms with E-state index in [1.165, 1.54) is 7.11 Å². The quantitative estimate of drug-likeness (QED) is 0.727. The van der Waals surface area contributed by atoms with Crippen LogP contribution in [0.1, 0.15) is 26.4 Å². The maximum atomic E-state index is 12.4. The van der Waals surface area contributed by atoms with E-state index >= 15 is 0 Å². The topological polar surface area (TPSA) is 71.2 Å². The third-order valence-electron chi connectivity index (χ3n) is 3.68. The molecule has 0 radical (unpaired) electrons. The van der Waals surface area contributed by atoms with Crippen LogP contribution in [0.4, 0.5) is 5.69 Å². The lowest BCUT2D eigenvalue weighted by atomic mass is 10.1. The van der Waals surface area contributed by atoms with Crippen LogP contribution < -0.4 is 5.32 Å². The Morgan fingerprint density at radius 2 is 1.87 bits per heavy atom. The van der Waals surface area contributed by atoms with E-state index in [0.717, 1.165) is 16.5 Å². The zero-order chi connectivity index (χ0) is 16.4. The van der Waals surface area contributed by atoms with Gasteiger partial charge >= 0.3 is 5.97 Å². The minimum Gasteiger partial charge on any atom is -0.465 e. The van der Waals surface area contributed by atoms with Gasteiger partial charge in [-0.1, -0.05) is 24.3 Å². The molecular weight excluding hydrogens is 292 g/mol. The van der Waals surface area contributed by atoms with Crippen molar-refractivity contribution in [1.29, 1.82) is 0 Å². The van der Waals surface area contributed by atoms with Crippen LogP contribution in [-0.2, 0) is 4.74 Å². The number of carbonyl (C=O) groups is 2. The Labute approximate surface area is 133 Å². The number of carbonyl (C=O) groups excluding carboxylic acids is 2. The van der Waals surface area contributed by atoms with Crippen LogP contribution >= 0.6 is 0 Å². The van der Waals surface area contributed by atoms with E-state index in [1.54, 1.807) is 24.3 Å². The summed E-state index contributed by atoms with van der Waals surface area (Å²) < 4.78 is 4.70. The number of aromatic amines is 1. The summed E-state index contributed by atoms with van der Waals surface area (Å²) in [6.45, 7) is 1.86. The first kappa shape index (κ1) is 14.8. The largest absolute Gasteiger partial charge is 0.465 e. The normalized spacial score (nSPS) is 10.5. The minimum absolute atomic E-state index is 0.258. The van der Waals surface area contributed by atoms with E-state index in [2.05, 4.69) is 10.3 Å². The fourth-order valence-electron chi connectivity index (χ4n) is 2.39. The van der Waals surface area contributed by atoms with Crippen LogP contribution in [-0.4, -0.2) is 24.0 Å². The number of nitrogens with one attached hydrogen (secondary N) is 2. The van der Waals surface area contributed by atoms with Crippen molar-refractivity contribution in [2.45, 2.75) is 6.92 Å². The van der Waals surface area contributed by atoms with Crippen LogP contribution in [0.3, 0.4) is 0 Å². The van der Waals surface area contributed by atoms with Crippen molar-refractivity contribution in [2.75, 3.05) is 12.4 Å². The van der Waals surface area contributed by atoms with Crippen LogP contribution in [0, 0.1) is 6.92 Å². The van der Waals surface area contributed by atoms with E-state index in [0.29, 0.717) is 16.9 Å². The molecular formula is C18H16N2O3. The van der Waals surface area contributed by atoms with Gasteiger partial charge in [0.25, 0.3) is 5.91 Å². The number of aromatic nitrogens is 1. The van der Waals surface area contributed by atoms with Gasteiger partial charge in [0.05, 0.1) is 12.7 Å². The Kier molecular flexibility index (Phi) is 3.85. The highest BCUT2D eigenvalue weighted by Crippen LogP contribution is 2.20. The summed E-state index contributed by atoms with van der Waals surface area (Å²) in [5, 5.41) is 3.80. The van der Waals surface area contributed by atoms with Crippen molar-refractivity contribution in [1.82, 2.24) is 4.98 Å². The summed E-state index contributed by atoms with van der Waals surface area (Å²) in [4.78, 5) is 27.1. The Morgan fingerprint density at radius 1 is 1.09 bits per heavy atom. The predicted molar refractivity (Wildman–Crippen MR) is 88.8 cm³/mol. The molecule has 3 rings (SSSR count). The number of benzene rings is 2. The number of esters is 1. The maximum absolute atomic E-state index is 12.4. The zero-order valence-electron chi connectivity index (χ0n) is 12.8. The number of anilines is 1. The first-order valence-corrected chi connectivity index (χ1v) is 7.16. The summed E-state index contributed by atoms with van der Waals surface area (Å²) in [6.07, 6.45) is 0. The molecule has 0 aliphatic carbocycles. The summed E-state index contributed by atoms with van der Waals surface area (Å²) in [6, 6.07) is 14.5. The van der Waals surface area contributed by atoms with Gasteiger partial charge in [-0.15, -0.1) is 0 Å². The molecule has 23 heavy (non-hydrogen) atoms. The van der Waals surface area contributed by atoms with Crippen molar-refractivity contribution in [3.05, 3.63) is 65.4 Å². The highest BCUT2D eigenvalue weighted by Gasteiger charge is 2.13. The Balaban J connectivity index is 1.88. The number of hydrogen-bond donors (Lipinski definition) is 2. The van der Waals surface area contributed by atoms with Gasteiger partial charge in [-0.2, -0.15) is 0 Å². The monoisotopic (exact) mass is 308 g/mol. The highest BCUT2D eigenvalue weighted by atomic mass is 16.5. The predicted octanol–water partition coefficient (Wildman–Crippen LogP) is 3.52. The molecule has 3 aromatic rings. The number of aryl methyl sites for hydroxylation is 1. The fourth-order valence-corrected chi connectivity index (χ4v) is 2.39. The lowest BCUT2D eigenvalue weighted by Crippen LogP contribution is -2.14. The van der Waals surface area contributed by atoms with E-state index < -0.39 is 5.97 Å². The van der Waals surface area contributed by atoms with E-state index in [-0.39, 0.29) is 5.91 Å². The van der Waals surface area contributed by atoms with Crippen molar-refractivity contribution in [3.8, 4) is 0 Å². The number of para-hydroxylation sites is 1. The molecule has 0 fully saturated rings. The Morgan fingerprint density at radius 3 is 2.61 bits per heavy atom. The second-order valence-corrected chi connectivity index (χ2v) is 5.25. The number of amides is 1. The summed E-state index contributed by atoms with van der Waals surface area (Å²) in [5.74, 6) is -0.697. The number of fused-ring (bicyclic) bond motifs is 1. The molecule has 0 spiro atoms. The molecule has 0 saturated carbocycles. The molecule has 5 heteroatoms. The van der Waals surface area contributed by atoms with E-state index in [9.17, 15) is 9.59 Å². The van der Waals surface area contributed by atoms with Crippen LogP contribution in [0.5, 0.6) is 0 Å². The zero-order valence-corrected chi connectivity index (χ0v) is 12.8. The number of methoxy groups -OCH3 is 1. The molecule has 0 aliphatic rings. The fraction of sp³-hybridized carbons (Fsp3) is 0.111. The first-order chi connectivity index (χ1) is 11.1. The standard InChI is InChI=1S/C18H16N2O3/c1-11-7-8-13(18(22)23-2)10-15(11)20-17(21)16-9-12-5-3-4-6-14(12)19-16/h3-10,19H,1-2H3,(H,20,21). The second kappa shape index (κ2) is 5.96. The van der Waals surface area contributed by atoms with Gasteiger partial charge in [0, 0.05) is 16.6 Å². The van der Waals surface area contributed by atoms with E-state index in [1.807, 2.05) is 31.2 Å². The molecule has 1 aromatic heterocycles. The second-order valence-electron chi connectivity index (χ2n) is 5.25. The van der Waals surface area contributed by atoms with Crippen molar-refractivity contribution >= 4 is 28.5 Å². The number of rotatable bonds is 3. The van der Waals surface area contributed by atoms with Gasteiger partial charge in [-0.05, 0) is 36.8 Å². The molecule has 0 saturated heterocycles. The SMILES string of the molecule is COC(=O)c1ccc(C)c(NC(=O)c2cc3ccccc3[nH]2)c1. The van der Waals surface area contributed by atoms with Gasteiger partial charge in [0.15, 0.2) is 0 Å². The van der Waals surface area contributed by atoms with Crippen LogP contribution in [0.25, 0.3) is 10.9 Å². The highest BCUT2D eigenvalue weighted by molar-refractivity contribution is 6.06. The van der Waals surface area contributed by atoms with Gasteiger partial charge in [0.2, 0.25) is 0 Å². The smallest absolute Gasteiger partial charge is 0.337 e. The summed E-state index contributed by atoms with van der Waals surface area (Å²) in [5.41, 5.74) is 3.20. The molecule has 1 amide bonds. The average molecular weight is 308 g/mol. The van der Waals surface area contributed by atoms with Gasteiger partial charge in [-0.3, -0.25) is 4.79 Å². The molecule has 0 bridgehead atoms. The van der Waals surface area contributed by atoms with Gasteiger partial charge in [0.1, 0.15) is 5.69 Å². The molecule has 116 valence electrons. The van der Waals surface area contributed by atoms with Crippen molar-refractivity contribution in [3.63, 3.8) is 0 Å². The number of hydrogen-bond acceptors (Lipinski definition) is 3. The Bertz CT molecular complexity index is 863. The Hall–Kier alpha value is -3.08. The van der Waals surface area contributed by atoms with E-state index in [4.69, 9.17) is 4.74 Å². The molecule has 5 nitrogen and oxygen atoms in total. The molecule has 0 unspecified atom stereocenters. The van der Waals surface area contributed by atoms with Crippen LogP contribution in [0.2, 0.25) is 0 Å². The molecule has 0 atom stereocenters. The third-order valence-corrected chi connectivity index (χ3v) is 3.68. The van der Waals surface area contributed by atoms with Gasteiger partial charge < -0.3 is 15.0 Å². The third kappa shape index (κ3) is 2.94. The number of H-pyrrole nitrogens is 1. The van der Waals surface area contributed by atoms with Gasteiger partial charge in [-0.25, -0.2) is 4.79 Å². The number of ether oxygens (including phenoxy) is 1. The first-order valence-electron chi connectivity index (χ1n) is 7.16. The molecule has 2 N–H and O–H groups in total.